The number of rotatable bonds is 7. The van der Waals surface area contributed by atoms with Crippen LogP contribution in [0.3, 0.4) is 0 Å². The molecule has 0 saturated heterocycles. The van der Waals surface area contributed by atoms with Gasteiger partial charge in [0.2, 0.25) is 10.0 Å². The second kappa shape index (κ2) is 8.69. The van der Waals surface area contributed by atoms with Crippen molar-refractivity contribution in [2.75, 3.05) is 21.3 Å². The van der Waals surface area contributed by atoms with Crippen molar-refractivity contribution in [3.63, 3.8) is 0 Å². The Balaban J connectivity index is 2.56. The maximum atomic E-state index is 12.7. The zero-order chi connectivity index (χ0) is 22.7. The van der Waals surface area contributed by atoms with Gasteiger partial charge in [0, 0.05) is 0 Å². The lowest BCUT2D eigenvalue weighted by atomic mass is 10.2. The Morgan fingerprint density at radius 1 is 0.767 bits per heavy atom. The van der Waals surface area contributed by atoms with E-state index >= 15 is 0 Å². The summed E-state index contributed by atoms with van der Waals surface area (Å²) in [5.41, 5.74) is -0.670. The number of benzene rings is 2. The van der Waals surface area contributed by atoms with E-state index in [1.807, 2.05) is 0 Å². The molecule has 0 heterocycles. The molecule has 0 unspecified atom stereocenters. The lowest BCUT2D eigenvalue weighted by molar-refractivity contribution is 0.0588. The number of primary sulfonamides is 1. The molecule has 2 rings (SSSR count). The first-order valence-corrected chi connectivity index (χ1v) is 10.9. The smallest absolute Gasteiger partial charge is 0.341 e. The van der Waals surface area contributed by atoms with E-state index in [1.165, 1.54) is 13.2 Å². The Morgan fingerprint density at radius 3 is 1.73 bits per heavy atom. The van der Waals surface area contributed by atoms with Gasteiger partial charge >= 0.3 is 22.1 Å². The summed E-state index contributed by atoms with van der Waals surface area (Å²) in [6.45, 7) is 0. The molecule has 0 saturated carbocycles. The van der Waals surface area contributed by atoms with Crippen molar-refractivity contribution < 1.29 is 44.8 Å². The van der Waals surface area contributed by atoms with Gasteiger partial charge in [0.05, 0.1) is 26.2 Å². The first-order chi connectivity index (χ1) is 13.9. The molecular weight excluding hydrogens is 442 g/mol. The molecule has 2 aromatic carbocycles. The van der Waals surface area contributed by atoms with Crippen LogP contribution in [0.2, 0.25) is 0 Å². The minimum absolute atomic E-state index is 0.0635. The molecule has 0 spiro atoms. The van der Waals surface area contributed by atoms with Crippen LogP contribution in [0.15, 0.2) is 46.2 Å². The third-order valence-electron chi connectivity index (χ3n) is 3.75. The van der Waals surface area contributed by atoms with Gasteiger partial charge in [-0.3, -0.25) is 0 Å². The van der Waals surface area contributed by atoms with Crippen molar-refractivity contribution in [3.8, 4) is 11.5 Å². The van der Waals surface area contributed by atoms with Gasteiger partial charge in [-0.2, -0.15) is 8.42 Å². The minimum atomic E-state index is -4.57. The van der Waals surface area contributed by atoms with E-state index in [9.17, 15) is 26.4 Å². The lowest BCUT2D eigenvalue weighted by Crippen LogP contribution is -2.16. The highest BCUT2D eigenvalue weighted by atomic mass is 32.2. The van der Waals surface area contributed by atoms with Crippen LogP contribution in [-0.2, 0) is 29.6 Å². The fraction of sp³-hybridized carbons (Fsp3) is 0.176. The van der Waals surface area contributed by atoms with Crippen LogP contribution in [0.5, 0.6) is 11.5 Å². The highest BCUT2D eigenvalue weighted by Gasteiger charge is 2.26. The molecule has 162 valence electrons. The van der Waals surface area contributed by atoms with Gasteiger partial charge in [-0.05, 0) is 36.4 Å². The summed E-state index contributed by atoms with van der Waals surface area (Å²) < 4.78 is 67.5. The molecule has 0 aliphatic rings. The van der Waals surface area contributed by atoms with Crippen LogP contribution < -0.4 is 14.1 Å². The van der Waals surface area contributed by atoms with Gasteiger partial charge in [0.25, 0.3) is 0 Å². The molecule has 2 N–H and O–H groups in total. The highest BCUT2D eigenvalue weighted by molar-refractivity contribution is 7.89. The molecule has 0 amide bonds. The maximum absolute atomic E-state index is 12.7. The van der Waals surface area contributed by atoms with Crippen molar-refractivity contribution >= 4 is 32.1 Å². The summed E-state index contributed by atoms with van der Waals surface area (Å²) in [6.07, 6.45) is 0. The number of esters is 2. The van der Waals surface area contributed by atoms with Crippen LogP contribution in [0.4, 0.5) is 0 Å². The Hall–Kier alpha value is -3.16. The van der Waals surface area contributed by atoms with Gasteiger partial charge in [0.15, 0.2) is 5.75 Å². The fourth-order valence-electron chi connectivity index (χ4n) is 2.31. The Kier molecular flexibility index (Phi) is 6.70. The lowest BCUT2D eigenvalue weighted by Gasteiger charge is -2.13. The first-order valence-electron chi connectivity index (χ1n) is 7.90. The van der Waals surface area contributed by atoms with Crippen LogP contribution in [0, 0.1) is 0 Å². The quantitative estimate of drug-likeness (QED) is 0.459. The number of hydrogen-bond donors (Lipinski definition) is 1. The first kappa shape index (κ1) is 23.1. The van der Waals surface area contributed by atoms with Crippen LogP contribution in [0.25, 0.3) is 0 Å². The van der Waals surface area contributed by atoms with E-state index < -0.39 is 53.2 Å². The third kappa shape index (κ3) is 4.87. The number of methoxy groups -OCH3 is 3. The summed E-state index contributed by atoms with van der Waals surface area (Å²) in [5, 5.41) is 5.03. The van der Waals surface area contributed by atoms with Gasteiger partial charge in [-0.1, -0.05) is 0 Å². The Morgan fingerprint density at radius 2 is 1.23 bits per heavy atom. The zero-order valence-electron chi connectivity index (χ0n) is 15.9. The van der Waals surface area contributed by atoms with E-state index in [0.717, 1.165) is 44.6 Å². The molecule has 0 aromatic heterocycles. The molecule has 0 bridgehead atoms. The topological polar surface area (TPSA) is 165 Å². The molecule has 2 aromatic rings. The van der Waals surface area contributed by atoms with Crippen molar-refractivity contribution in [2.24, 2.45) is 5.14 Å². The molecule has 13 heteroatoms. The number of ether oxygens (including phenoxy) is 3. The largest absolute Gasteiger partial charge is 0.496 e. The molecule has 0 radical (unpaired) electrons. The summed E-state index contributed by atoms with van der Waals surface area (Å²) >= 11 is 0. The number of carbonyl (C=O) groups is 2. The number of hydrogen-bond acceptors (Lipinski definition) is 10. The van der Waals surface area contributed by atoms with Crippen molar-refractivity contribution in [2.45, 2.75) is 9.79 Å². The predicted molar refractivity (Wildman–Crippen MR) is 101 cm³/mol. The van der Waals surface area contributed by atoms with Crippen molar-refractivity contribution in [3.05, 3.63) is 47.5 Å². The Labute approximate surface area is 172 Å². The predicted octanol–water partition coefficient (Wildman–Crippen LogP) is 0.683. The zero-order valence-corrected chi connectivity index (χ0v) is 17.6. The van der Waals surface area contributed by atoms with E-state index in [1.54, 1.807) is 0 Å². The Bertz CT molecular complexity index is 1200. The van der Waals surface area contributed by atoms with Gasteiger partial charge in [-0.15, -0.1) is 0 Å². The molecule has 0 atom stereocenters. The standard InChI is InChI=1S/C17H17NO10S2/c1-25-14-6-5-11(9-12(14)16(19)26-2)30(23,24)28-15-7-4-10(29(18,21)22)8-13(15)17(20)27-3/h4-9H,1-3H3,(H2,18,21,22). The van der Waals surface area contributed by atoms with E-state index in [-0.39, 0.29) is 11.3 Å². The molecule has 0 aliphatic heterocycles. The normalized spacial score (nSPS) is 11.5. The number of carbonyl (C=O) groups excluding carboxylic acids is 2. The summed E-state index contributed by atoms with van der Waals surface area (Å²) in [5.74, 6) is -2.36. The monoisotopic (exact) mass is 459 g/mol. The molecular formula is C17H17NO10S2. The fourth-order valence-corrected chi connectivity index (χ4v) is 3.82. The van der Waals surface area contributed by atoms with Crippen LogP contribution in [0.1, 0.15) is 20.7 Å². The molecule has 11 nitrogen and oxygen atoms in total. The van der Waals surface area contributed by atoms with Gasteiger partial charge in [0.1, 0.15) is 21.8 Å². The third-order valence-corrected chi connectivity index (χ3v) is 5.89. The average molecular weight is 459 g/mol. The second-order valence-corrected chi connectivity index (χ2v) is 8.69. The minimum Gasteiger partial charge on any atom is -0.496 e. The number of nitrogens with two attached hydrogens (primary N) is 1. The maximum Gasteiger partial charge on any atom is 0.341 e. The van der Waals surface area contributed by atoms with Gasteiger partial charge in [-0.25, -0.2) is 23.1 Å². The molecule has 0 aliphatic carbocycles. The van der Waals surface area contributed by atoms with Crippen molar-refractivity contribution in [1.82, 2.24) is 0 Å². The highest BCUT2D eigenvalue weighted by Crippen LogP contribution is 2.29. The van der Waals surface area contributed by atoms with Crippen molar-refractivity contribution in [1.29, 1.82) is 0 Å². The van der Waals surface area contributed by atoms with E-state index in [0.29, 0.717) is 0 Å². The molecule has 0 fully saturated rings. The average Bonchev–Trinajstić information content (AvgIpc) is 2.71. The summed E-state index contributed by atoms with van der Waals surface area (Å²) in [6, 6.07) is 6.01. The SMILES string of the molecule is COC(=O)c1cc(S(=O)(=O)Oc2ccc(S(N)(=O)=O)cc2C(=O)OC)ccc1OC. The summed E-state index contributed by atoms with van der Waals surface area (Å²) in [4.78, 5) is 23.0. The van der Waals surface area contributed by atoms with Gasteiger partial charge < -0.3 is 18.4 Å². The van der Waals surface area contributed by atoms with Crippen LogP contribution in [-0.4, -0.2) is 50.1 Å². The van der Waals surface area contributed by atoms with E-state index in [2.05, 4.69) is 9.47 Å². The van der Waals surface area contributed by atoms with Crippen LogP contribution >= 0.6 is 0 Å². The second-order valence-electron chi connectivity index (χ2n) is 5.59. The van der Waals surface area contributed by atoms with E-state index in [4.69, 9.17) is 14.1 Å². The summed E-state index contributed by atoms with van der Waals surface area (Å²) in [7, 11) is -5.35. The molecule has 30 heavy (non-hydrogen) atoms. The number of sulfonamides is 1.